The maximum atomic E-state index is 12.1. The monoisotopic (exact) mass is 314 g/mol. The highest BCUT2D eigenvalue weighted by molar-refractivity contribution is 5.93. The van der Waals surface area contributed by atoms with E-state index in [1.165, 1.54) is 24.3 Å². The molecule has 2 aromatic rings. The summed E-state index contributed by atoms with van der Waals surface area (Å²) in [6, 6.07) is 10.0. The Morgan fingerprint density at radius 3 is 2.35 bits per heavy atom. The zero-order valence-electron chi connectivity index (χ0n) is 12.2. The minimum atomic E-state index is -0.576. The number of carbonyl (C=O) groups is 1. The lowest BCUT2D eigenvalue weighted by molar-refractivity contribution is -0.384. The molecule has 0 atom stereocenters. The summed E-state index contributed by atoms with van der Waals surface area (Å²) in [5.41, 5.74) is 12.0. The third-order valence-corrected chi connectivity index (χ3v) is 2.95. The van der Waals surface area contributed by atoms with Gasteiger partial charge in [-0.25, -0.2) is 9.79 Å². The number of ether oxygens (including phenoxy) is 1. The molecule has 0 unspecified atom stereocenters. The third-order valence-electron chi connectivity index (χ3n) is 2.95. The highest BCUT2D eigenvalue weighted by Gasteiger charge is 2.13. The molecule has 0 amide bonds. The number of carbonyl (C=O) groups excluding carboxylic acids is 1. The second-order valence-corrected chi connectivity index (χ2v) is 4.68. The Morgan fingerprint density at radius 1 is 1.17 bits per heavy atom. The van der Waals surface area contributed by atoms with Gasteiger partial charge in [-0.05, 0) is 42.8 Å². The minimum absolute atomic E-state index is 0.0781. The molecule has 4 N–H and O–H groups in total. The Labute approximate surface area is 131 Å². The predicted octanol–water partition coefficient (Wildman–Crippen LogP) is 2.03. The van der Waals surface area contributed by atoms with Crippen molar-refractivity contribution < 1.29 is 14.5 Å². The van der Waals surface area contributed by atoms with Gasteiger partial charge >= 0.3 is 5.97 Å². The molecule has 2 rings (SSSR count). The Bertz CT molecular complexity index is 781. The molecule has 0 aliphatic carbocycles. The van der Waals surface area contributed by atoms with Crippen molar-refractivity contribution in [3.63, 3.8) is 0 Å². The van der Waals surface area contributed by atoms with Gasteiger partial charge in [0.2, 0.25) is 0 Å². The van der Waals surface area contributed by atoms with Crippen LogP contribution in [0.5, 0.6) is 5.75 Å². The number of hydrogen-bond acceptors (Lipinski definition) is 5. The number of nitrogens with zero attached hydrogens (tertiary/aromatic N) is 2. The lowest BCUT2D eigenvalue weighted by atomic mass is 10.1. The van der Waals surface area contributed by atoms with Gasteiger partial charge in [-0.15, -0.1) is 0 Å². The minimum Gasteiger partial charge on any atom is -0.423 e. The van der Waals surface area contributed by atoms with Crippen LogP contribution >= 0.6 is 0 Å². The molecule has 0 aromatic heterocycles. The van der Waals surface area contributed by atoms with Crippen molar-refractivity contribution in [3.8, 4) is 5.75 Å². The van der Waals surface area contributed by atoms with Crippen LogP contribution in [0.3, 0.4) is 0 Å². The summed E-state index contributed by atoms with van der Waals surface area (Å²) in [6.07, 6.45) is 0. The van der Waals surface area contributed by atoms with Gasteiger partial charge in [0.25, 0.3) is 5.69 Å². The molecular formula is C15H14N4O4. The summed E-state index contributed by atoms with van der Waals surface area (Å²) in [5, 5.41) is 10.6. The van der Waals surface area contributed by atoms with E-state index in [2.05, 4.69) is 4.99 Å². The van der Waals surface area contributed by atoms with E-state index in [0.29, 0.717) is 16.8 Å². The van der Waals surface area contributed by atoms with Crippen LogP contribution in [-0.4, -0.2) is 16.9 Å². The van der Waals surface area contributed by atoms with E-state index in [9.17, 15) is 14.9 Å². The lowest BCUT2D eigenvalue weighted by Gasteiger charge is -2.07. The highest BCUT2D eigenvalue weighted by Crippen LogP contribution is 2.21. The fourth-order valence-corrected chi connectivity index (χ4v) is 1.89. The molecular weight excluding hydrogens is 300 g/mol. The number of benzene rings is 2. The zero-order chi connectivity index (χ0) is 17.0. The Kier molecular flexibility index (Phi) is 4.55. The molecule has 0 heterocycles. The summed E-state index contributed by atoms with van der Waals surface area (Å²) in [5.74, 6) is -0.438. The molecule has 118 valence electrons. The first-order valence-electron chi connectivity index (χ1n) is 6.54. The average molecular weight is 314 g/mol. The summed E-state index contributed by atoms with van der Waals surface area (Å²) in [6.45, 7) is 1.72. The van der Waals surface area contributed by atoms with E-state index in [1.54, 1.807) is 25.1 Å². The van der Waals surface area contributed by atoms with Crippen molar-refractivity contribution in [2.24, 2.45) is 16.5 Å². The molecule has 23 heavy (non-hydrogen) atoms. The first kappa shape index (κ1) is 16.0. The molecule has 0 spiro atoms. The third kappa shape index (κ3) is 4.03. The zero-order valence-corrected chi connectivity index (χ0v) is 12.2. The van der Waals surface area contributed by atoms with E-state index in [4.69, 9.17) is 16.2 Å². The number of aryl methyl sites for hydroxylation is 1. The number of hydrogen-bond donors (Lipinski definition) is 2. The number of rotatable bonds is 4. The number of aliphatic imine (C=N–C) groups is 1. The van der Waals surface area contributed by atoms with Gasteiger partial charge in [0.05, 0.1) is 16.2 Å². The molecule has 0 radical (unpaired) electrons. The molecule has 0 fully saturated rings. The average Bonchev–Trinajstić information content (AvgIpc) is 2.47. The second-order valence-electron chi connectivity index (χ2n) is 4.68. The molecule has 0 aliphatic heterocycles. The first-order chi connectivity index (χ1) is 10.9. The summed E-state index contributed by atoms with van der Waals surface area (Å²) in [4.78, 5) is 26.1. The number of nitro benzene ring substituents is 1. The number of nitrogens with two attached hydrogens (primary N) is 2. The summed E-state index contributed by atoms with van der Waals surface area (Å²) >= 11 is 0. The summed E-state index contributed by atoms with van der Waals surface area (Å²) in [7, 11) is 0. The molecule has 0 saturated carbocycles. The fourth-order valence-electron chi connectivity index (χ4n) is 1.89. The SMILES string of the molecule is Cc1cc(N=C(N)N)ccc1C(=O)Oc1ccc([N+](=O)[O-])cc1. The number of non-ortho nitro benzene ring substituents is 1. The van der Waals surface area contributed by atoms with Crippen molar-refractivity contribution in [1.29, 1.82) is 0 Å². The van der Waals surface area contributed by atoms with Gasteiger partial charge in [-0.1, -0.05) is 0 Å². The van der Waals surface area contributed by atoms with Crippen LogP contribution in [0.15, 0.2) is 47.5 Å². The van der Waals surface area contributed by atoms with Crippen molar-refractivity contribution in [1.82, 2.24) is 0 Å². The van der Waals surface area contributed by atoms with E-state index < -0.39 is 10.9 Å². The highest BCUT2D eigenvalue weighted by atomic mass is 16.6. The smallest absolute Gasteiger partial charge is 0.343 e. The molecule has 0 aliphatic rings. The quantitative estimate of drug-likeness (QED) is 0.221. The maximum absolute atomic E-state index is 12.1. The number of nitro groups is 1. The van der Waals surface area contributed by atoms with Crippen LogP contribution in [0.1, 0.15) is 15.9 Å². The standard InChI is InChI=1S/C15H14N4O4/c1-9-8-10(18-15(16)17)2-7-13(9)14(20)23-12-5-3-11(4-6-12)19(21)22/h2-8H,1H3,(H4,16,17,18). The fraction of sp³-hybridized carbons (Fsp3) is 0.0667. The van der Waals surface area contributed by atoms with Gasteiger partial charge in [-0.3, -0.25) is 10.1 Å². The molecule has 2 aromatic carbocycles. The van der Waals surface area contributed by atoms with Gasteiger partial charge in [-0.2, -0.15) is 0 Å². The van der Waals surface area contributed by atoms with Crippen LogP contribution in [-0.2, 0) is 0 Å². The maximum Gasteiger partial charge on any atom is 0.343 e. The summed E-state index contributed by atoms with van der Waals surface area (Å²) < 4.78 is 5.19. The lowest BCUT2D eigenvalue weighted by Crippen LogP contribution is -2.21. The molecule has 0 bridgehead atoms. The number of guanidine groups is 1. The van der Waals surface area contributed by atoms with Gasteiger partial charge in [0.1, 0.15) is 5.75 Å². The van der Waals surface area contributed by atoms with E-state index in [1.807, 2.05) is 0 Å². The van der Waals surface area contributed by atoms with Crippen molar-refractivity contribution >= 4 is 23.3 Å². The largest absolute Gasteiger partial charge is 0.423 e. The molecule has 0 saturated heterocycles. The Morgan fingerprint density at radius 2 is 1.83 bits per heavy atom. The Hall–Kier alpha value is -3.42. The van der Waals surface area contributed by atoms with Crippen molar-refractivity contribution in [3.05, 3.63) is 63.7 Å². The molecule has 8 nitrogen and oxygen atoms in total. The van der Waals surface area contributed by atoms with Crippen LogP contribution in [0.25, 0.3) is 0 Å². The van der Waals surface area contributed by atoms with Crippen LogP contribution in [0.2, 0.25) is 0 Å². The Balaban J connectivity index is 2.17. The van der Waals surface area contributed by atoms with Crippen molar-refractivity contribution in [2.45, 2.75) is 6.92 Å². The normalized spacial score (nSPS) is 9.96. The van der Waals surface area contributed by atoms with E-state index in [0.717, 1.165) is 0 Å². The van der Waals surface area contributed by atoms with Crippen LogP contribution < -0.4 is 16.2 Å². The van der Waals surface area contributed by atoms with Gasteiger partial charge in [0, 0.05) is 12.1 Å². The molecule has 8 heteroatoms. The van der Waals surface area contributed by atoms with E-state index in [-0.39, 0.29) is 17.4 Å². The predicted molar refractivity (Wildman–Crippen MR) is 84.7 cm³/mol. The van der Waals surface area contributed by atoms with Gasteiger partial charge < -0.3 is 16.2 Å². The second kappa shape index (κ2) is 6.56. The van der Waals surface area contributed by atoms with Crippen LogP contribution in [0, 0.1) is 17.0 Å². The van der Waals surface area contributed by atoms with Crippen molar-refractivity contribution in [2.75, 3.05) is 0 Å². The van der Waals surface area contributed by atoms with Gasteiger partial charge in [0.15, 0.2) is 5.96 Å². The van der Waals surface area contributed by atoms with E-state index >= 15 is 0 Å². The number of esters is 1. The van der Waals surface area contributed by atoms with Crippen LogP contribution in [0.4, 0.5) is 11.4 Å². The first-order valence-corrected chi connectivity index (χ1v) is 6.54. The topological polar surface area (TPSA) is 134 Å².